The summed E-state index contributed by atoms with van der Waals surface area (Å²) in [7, 11) is 0. The topological polar surface area (TPSA) is 127 Å². The predicted octanol–water partition coefficient (Wildman–Crippen LogP) is 4.11. The van der Waals surface area contributed by atoms with Gasteiger partial charge in [0.25, 0.3) is 0 Å². The maximum Gasteiger partial charge on any atom is 0.490 e. The molecule has 0 radical (unpaired) electrons. The van der Waals surface area contributed by atoms with E-state index in [1.807, 2.05) is 0 Å². The van der Waals surface area contributed by atoms with Crippen molar-refractivity contribution in [1.82, 2.24) is 0 Å². The van der Waals surface area contributed by atoms with Crippen molar-refractivity contribution < 1.29 is 95.6 Å². The second-order valence-electron chi connectivity index (χ2n) is 7.72. The average molecular weight is 653 g/mol. The maximum atomic E-state index is 13.0. The molecule has 0 bridgehead atoms. The molecule has 0 spiro atoms. The number of hydrogen-bond acceptors (Lipinski definition) is 10. The lowest BCUT2D eigenvalue weighted by molar-refractivity contribution is -0.242. The highest BCUT2D eigenvalue weighted by atomic mass is 19.4. The Morgan fingerprint density at radius 3 is 1.49 bits per heavy atom. The summed E-state index contributed by atoms with van der Waals surface area (Å²) in [4.78, 5) is 50.3. The van der Waals surface area contributed by atoms with Crippen LogP contribution in [0.5, 0.6) is 0 Å². The van der Waals surface area contributed by atoms with E-state index in [4.69, 9.17) is 0 Å². The number of benzene rings is 1. The average Bonchev–Trinajstić information content (AvgIpc) is 2.85. The number of alkyl halides is 12. The van der Waals surface area contributed by atoms with Crippen molar-refractivity contribution in [2.45, 2.75) is 62.7 Å². The van der Waals surface area contributed by atoms with Gasteiger partial charge in [-0.05, 0) is 12.5 Å². The molecule has 0 fully saturated rings. The van der Waals surface area contributed by atoms with Crippen molar-refractivity contribution in [3.8, 4) is 0 Å². The van der Waals surface area contributed by atoms with Crippen LogP contribution in [0.4, 0.5) is 52.7 Å². The number of carbonyl (C=O) groups excluding carboxylic acids is 4. The Kier molecular flexibility index (Phi) is 12.2. The fourth-order valence-electron chi connectivity index (χ4n) is 2.60. The van der Waals surface area contributed by atoms with E-state index in [1.165, 1.54) is 30.3 Å². The molecule has 0 saturated heterocycles. The molecule has 0 N–H and O–H groups in total. The second-order valence-corrected chi connectivity index (χ2v) is 7.72. The fourth-order valence-corrected chi connectivity index (χ4v) is 2.60. The SMILES string of the molecule is CC(OC(=O)C(F)(F)F)C(OC(=O)C(F)(F)F)C(OC(=O)C(F)(F)F)C(/C=N/OCc1ccccc1)OC(=O)C(F)(F)F. The number of halogens is 12. The zero-order chi connectivity index (χ0) is 33.4. The molecule has 0 aliphatic carbocycles. The molecule has 22 heteroatoms. The highest BCUT2D eigenvalue weighted by Crippen LogP contribution is 2.29. The van der Waals surface area contributed by atoms with E-state index in [2.05, 4.69) is 28.9 Å². The van der Waals surface area contributed by atoms with Gasteiger partial charge in [-0.1, -0.05) is 35.5 Å². The lowest BCUT2D eigenvalue weighted by Crippen LogP contribution is -2.54. The molecule has 10 nitrogen and oxygen atoms in total. The van der Waals surface area contributed by atoms with Crippen LogP contribution in [0.2, 0.25) is 0 Å². The number of carbonyl (C=O) groups is 4. The zero-order valence-corrected chi connectivity index (χ0v) is 20.6. The van der Waals surface area contributed by atoms with Crippen molar-refractivity contribution >= 4 is 30.1 Å². The molecule has 43 heavy (non-hydrogen) atoms. The number of ether oxygens (including phenoxy) is 4. The molecule has 4 atom stereocenters. The number of nitrogens with zero attached hydrogens (tertiary/aromatic N) is 1. The van der Waals surface area contributed by atoms with Gasteiger partial charge in [0.05, 0.1) is 6.21 Å². The van der Waals surface area contributed by atoms with Crippen LogP contribution in [0.3, 0.4) is 0 Å². The number of esters is 4. The Labute approximate surface area is 230 Å². The molecule has 0 aliphatic rings. The highest BCUT2D eigenvalue weighted by molar-refractivity contribution is 5.80. The van der Waals surface area contributed by atoms with Gasteiger partial charge in [-0.3, -0.25) is 0 Å². The van der Waals surface area contributed by atoms with Gasteiger partial charge < -0.3 is 23.8 Å². The Bertz CT molecular complexity index is 1150. The van der Waals surface area contributed by atoms with Crippen LogP contribution in [0.15, 0.2) is 35.5 Å². The van der Waals surface area contributed by atoms with Gasteiger partial charge in [0.2, 0.25) is 0 Å². The van der Waals surface area contributed by atoms with Gasteiger partial charge in [-0.15, -0.1) is 0 Å². The zero-order valence-electron chi connectivity index (χ0n) is 20.6. The summed E-state index contributed by atoms with van der Waals surface area (Å²) in [5, 5.41) is 2.97. The number of rotatable bonds is 11. The van der Waals surface area contributed by atoms with E-state index < -0.39 is 79.6 Å². The van der Waals surface area contributed by atoms with E-state index in [-0.39, 0.29) is 18.7 Å². The predicted molar refractivity (Wildman–Crippen MR) is 109 cm³/mol. The van der Waals surface area contributed by atoms with Crippen molar-refractivity contribution in [2.24, 2.45) is 5.16 Å². The van der Waals surface area contributed by atoms with Gasteiger partial charge in [-0.25, -0.2) is 19.2 Å². The fraction of sp³-hybridized carbons (Fsp3) is 0.476. The van der Waals surface area contributed by atoms with E-state index in [0.29, 0.717) is 0 Å². The minimum Gasteiger partial charge on any atom is -0.452 e. The van der Waals surface area contributed by atoms with Crippen LogP contribution in [-0.2, 0) is 49.6 Å². The first-order chi connectivity index (χ1) is 19.4. The molecular weight excluding hydrogens is 638 g/mol. The number of hydrogen-bond donors (Lipinski definition) is 0. The molecule has 0 amide bonds. The largest absolute Gasteiger partial charge is 0.490 e. The molecule has 0 aliphatic heterocycles. The van der Waals surface area contributed by atoms with Crippen LogP contribution in [0.1, 0.15) is 12.5 Å². The van der Waals surface area contributed by atoms with Crippen molar-refractivity contribution in [3.63, 3.8) is 0 Å². The summed E-state index contributed by atoms with van der Waals surface area (Å²) in [6.07, 6.45) is -37.6. The van der Waals surface area contributed by atoms with E-state index in [1.54, 1.807) is 0 Å². The van der Waals surface area contributed by atoms with Gasteiger partial charge in [0.1, 0.15) is 12.7 Å². The third kappa shape index (κ3) is 12.2. The van der Waals surface area contributed by atoms with Crippen molar-refractivity contribution in [2.75, 3.05) is 0 Å². The summed E-state index contributed by atoms with van der Waals surface area (Å²) in [6.45, 7) is -0.408. The van der Waals surface area contributed by atoms with Crippen LogP contribution < -0.4 is 0 Å². The Morgan fingerprint density at radius 1 is 0.651 bits per heavy atom. The van der Waals surface area contributed by atoms with Crippen molar-refractivity contribution in [1.29, 1.82) is 0 Å². The van der Waals surface area contributed by atoms with Crippen molar-refractivity contribution in [3.05, 3.63) is 35.9 Å². The lowest BCUT2D eigenvalue weighted by Gasteiger charge is -2.34. The van der Waals surface area contributed by atoms with Crippen LogP contribution in [-0.4, -0.2) is 79.2 Å². The summed E-state index contributed by atoms with van der Waals surface area (Å²) in [5.41, 5.74) is 0.285. The highest BCUT2D eigenvalue weighted by Gasteiger charge is 2.54. The van der Waals surface area contributed by atoms with Gasteiger partial charge in [0.15, 0.2) is 18.3 Å². The number of oxime groups is 1. The molecule has 242 valence electrons. The van der Waals surface area contributed by atoms with E-state index >= 15 is 0 Å². The molecule has 4 unspecified atom stereocenters. The summed E-state index contributed by atoms with van der Waals surface area (Å²) < 4.78 is 169. The normalized spacial score (nSPS) is 15.6. The molecule has 0 aromatic heterocycles. The lowest BCUT2D eigenvalue weighted by atomic mass is 10.0. The molecule has 1 rings (SSSR count). The first kappa shape index (κ1) is 36.8. The molecular formula is C21H15F12NO9. The monoisotopic (exact) mass is 653 g/mol. The van der Waals surface area contributed by atoms with E-state index in [9.17, 15) is 71.9 Å². The maximum absolute atomic E-state index is 13.0. The van der Waals surface area contributed by atoms with Gasteiger partial charge in [0, 0.05) is 0 Å². The van der Waals surface area contributed by atoms with E-state index in [0.717, 1.165) is 0 Å². The van der Waals surface area contributed by atoms with Gasteiger partial charge in [-0.2, -0.15) is 52.7 Å². The quantitative estimate of drug-likeness (QED) is 0.114. The third-order valence-electron chi connectivity index (χ3n) is 4.41. The molecule has 1 aromatic rings. The Hall–Kier alpha value is -4.27. The minimum atomic E-state index is -6.11. The molecule has 0 saturated carbocycles. The van der Waals surface area contributed by atoms with Crippen LogP contribution in [0.25, 0.3) is 0 Å². The smallest absolute Gasteiger partial charge is 0.452 e. The standard InChI is InChI=1S/C21H15F12NO9/c1-9(40-14(35)18(22,23)24)12(42-16(37)20(28,29)30)13(43-17(38)21(31,32)33)11(41-15(36)19(25,26)27)7-34-39-8-10-5-3-2-4-6-10/h2-7,9,11-13H,8H2,1H3/b34-7+. The second kappa shape index (κ2) is 14.3. The molecule has 0 heterocycles. The molecule has 1 aromatic carbocycles. The first-order valence-electron chi connectivity index (χ1n) is 10.7. The van der Waals surface area contributed by atoms with Crippen LogP contribution >= 0.6 is 0 Å². The minimum absolute atomic E-state index is 0.151. The summed E-state index contributed by atoms with van der Waals surface area (Å²) in [5.74, 6) is -13.5. The summed E-state index contributed by atoms with van der Waals surface area (Å²) in [6, 6.07) is 7.19. The van der Waals surface area contributed by atoms with Crippen LogP contribution in [0, 0.1) is 0 Å². The van der Waals surface area contributed by atoms with Gasteiger partial charge >= 0.3 is 48.6 Å². The Morgan fingerprint density at radius 2 is 1.05 bits per heavy atom. The first-order valence-corrected chi connectivity index (χ1v) is 10.7. The summed E-state index contributed by atoms with van der Waals surface area (Å²) >= 11 is 0. The third-order valence-corrected chi connectivity index (χ3v) is 4.41. The Balaban J connectivity index is 3.70.